The van der Waals surface area contributed by atoms with Crippen molar-refractivity contribution in [1.82, 2.24) is 9.97 Å². The molecule has 0 radical (unpaired) electrons. The zero-order chi connectivity index (χ0) is 40.2. The molecule has 4 aromatic rings. The van der Waals surface area contributed by atoms with Crippen molar-refractivity contribution in [2.24, 2.45) is 22.1 Å². The number of allylic oxidation sites excluding steroid dienone is 2. The molecule has 2 heterocycles. The largest absolute Gasteiger partial charge is 0.494 e. The van der Waals surface area contributed by atoms with E-state index in [2.05, 4.69) is 52.7 Å². The molecule has 2 aliphatic rings. The van der Waals surface area contributed by atoms with Gasteiger partial charge in [0, 0.05) is 59.3 Å². The van der Waals surface area contributed by atoms with Gasteiger partial charge in [0.2, 0.25) is 11.8 Å². The number of amides is 2. The normalized spacial score (nSPS) is 14.5. The number of carbonyl (C=O) groups is 2. The van der Waals surface area contributed by atoms with Crippen molar-refractivity contribution >= 4 is 40.8 Å². The third kappa shape index (κ3) is 11.5. The van der Waals surface area contributed by atoms with Crippen LogP contribution >= 0.6 is 0 Å². The summed E-state index contributed by atoms with van der Waals surface area (Å²) >= 11 is 0. The fourth-order valence-electron chi connectivity index (χ4n) is 5.01. The van der Waals surface area contributed by atoms with Crippen LogP contribution in [0.4, 0.5) is 20.2 Å². The van der Waals surface area contributed by atoms with Crippen LogP contribution in [0.15, 0.2) is 96.2 Å². The van der Waals surface area contributed by atoms with Gasteiger partial charge in [0.05, 0.1) is 31.9 Å². The number of methoxy groups -OCH3 is 1. The molecule has 2 amide bonds. The molecule has 12 nitrogen and oxygen atoms in total. The lowest BCUT2D eigenvalue weighted by atomic mass is 10.0. The molecule has 4 N–H and O–H groups in total. The summed E-state index contributed by atoms with van der Waals surface area (Å²) in [6, 6.07) is 12.4. The van der Waals surface area contributed by atoms with Crippen molar-refractivity contribution in [1.29, 1.82) is 0 Å². The summed E-state index contributed by atoms with van der Waals surface area (Å²) in [5.41, 5.74) is 6.80. The molecule has 14 heteroatoms. The summed E-state index contributed by atoms with van der Waals surface area (Å²) in [5.74, 6) is 0.859. The number of aliphatic imine (C=N–C) groups is 1. The van der Waals surface area contributed by atoms with Crippen LogP contribution in [0.3, 0.4) is 0 Å². The van der Waals surface area contributed by atoms with Crippen LogP contribution in [0.1, 0.15) is 46.5 Å². The number of anilines is 2. The van der Waals surface area contributed by atoms with Crippen LogP contribution in [-0.2, 0) is 14.3 Å². The Kier molecular flexibility index (Phi) is 14.4. The molecule has 2 fully saturated rings. The standard InChI is InChI=1S/C30H28FN5O5.C10H17NO.CH3F/c1-39-25-15-20-22(16-26(25)40-17-29(32)7-8-29)34-13-6-23(20)41-24-3-2-19(14-21(24)31)36-28(38)30(9-10-30)27(37)35-18-4-11-33-12-5-18;1-8(2)7-12-10(4)6-9(3)11-5;1-2/h2-6,11-16H,7-10,17,32H2,1H3,(H,36,38)(H,33,35,37);6,8H,4-5,7H2,1-3H3;1H3/b;9-6+;. The van der Waals surface area contributed by atoms with Crippen molar-refractivity contribution < 1.29 is 37.3 Å². The van der Waals surface area contributed by atoms with E-state index in [-0.39, 0.29) is 17.0 Å². The second-order valence-electron chi connectivity index (χ2n) is 13.6. The third-order valence-electron chi connectivity index (χ3n) is 8.58. The summed E-state index contributed by atoms with van der Waals surface area (Å²) < 4.78 is 47.3. The molecule has 0 unspecified atom stereocenters. The van der Waals surface area contributed by atoms with Crippen LogP contribution in [0.25, 0.3) is 10.9 Å². The predicted octanol–water partition coefficient (Wildman–Crippen LogP) is 8.16. The van der Waals surface area contributed by atoms with Crippen molar-refractivity contribution in [2.75, 3.05) is 38.1 Å². The smallest absolute Gasteiger partial charge is 0.240 e. The van der Waals surface area contributed by atoms with Crippen LogP contribution in [0, 0.1) is 17.2 Å². The van der Waals surface area contributed by atoms with Crippen molar-refractivity contribution in [3.8, 4) is 23.0 Å². The molecule has 2 aliphatic carbocycles. The monoisotopic (exact) mass is 758 g/mol. The zero-order valence-corrected chi connectivity index (χ0v) is 31.8. The number of pyridine rings is 2. The minimum absolute atomic E-state index is 0.0508. The first-order chi connectivity index (χ1) is 26.3. The van der Waals surface area contributed by atoms with E-state index in [4.69, 9.17) is 24.7 Å². The molecule has 0 aliphatic heterocycles. The van der Waals surface area contributed by atoms with E-state index in [9.17, 15) is 14.0 Å². The highest BCUT2D eigenvalue weighted by molar-refractivity contribution is 6.16. The minimum Gasteiger partial charge on any atom is -0.494 e. The fourth-order valence-corrected chi connectivity index (χ4v) is 5.01. The second kappa shape index (κ2) is 18.9. The Balaban J connectivity index is 0.000000413. The van der Waals surface area contributed by atoms with Crippen molar-refractivity contribution in [3.63, 3.8) is 0 Å². The Bertz CT molecular complexity index is 2020. The van der Waals surface area contributed by atoms with E-state index < -0.39 is 23.0 Å². The summed E-state index contributed by atoms with van der Waals surface area (Å²) in [5, 5.41) is 6.00. The summed E-state index contributed by atoms with van der Waals surface area (Å²) in [7, 11) is 2.03. The van der Waals surface area contributed by atoms with Gasteiger partial charge in [0.1, 0.15) is 23.5 Å². The zero-order valence-electron chi connectivity index (χ0n) is 31.8. The third-order valence-corrected chi connectivity index (χ3v) is 8.58. The van der Waals surface area contributed by atoms with Gasteiger partial charge in [-0.2, -0.15) is 0 Å². The lowest BCUT2D eigenvalue weighted by Crippen LogP contribution is -2.35. The van der Waals surface area contributed by atoms with Gasteiger partial charge in [0.25, 0.3) is 0 Å². The number of rotatable bonds is 15. The van der Waals surface area contributed by atoms with Gasteiger partial charge in [-0.3, -0.25) is 28.9 Å². The maximum absolute atomic E-state index is 15.1. The first-order valence-electron chi connectivity index (χ1n) is 17.6. The minimum atomic E-state index is -1.20. The molecule has 292 valence electrons. The van der Waals surface area contributed by atoms with Crippen LogP contribution < -0.4 is 30.6 Å². The average molecular weight is 759 g/mol. The van der Waals surface area contributed by atoms with Gasteiger partial charge in [-0.1, -0.05) is 20.4 Å². The number of benzene rings is 2. The van der Waals surface area contributed by atoms with Crippen LogP contribution in [0.5, 0.6) is 23.0 Å². The van der Waals surface area contributed by atoms with Crippen molar-refractivity contribution in [2.45, 2.75) is 52.0 Å². The van der Waals surface area contributed by atoms with E-state index in [0.29, 0.717) is 78.7 Å². The first-order valence-corrected chi connectivity index (χ1v) is 17.6. The van der Waals surface area contributed by atoms with Gasteiger partial charge < -0.3 is 35.3 Å². The number of ether oxygens (including phenoxy) is 4. The van der Waals surface area contributed by atoms with E-state index in [0.717, 1.165) is 24.6 Å². The summed E-state index contributed by atoms with van der Waals surface area (Å²) in [6.45, 7) is 14.2. The number of carbonyl (C=O) groups excluding carboxylic acids is 2. The number of nitrogens with two attached hydrogens (primary N) is 1. The Morgan fingerprint density at radius 3 is 2.20 bits per heavy atom. The Hall–Kier alpha value is -5.89. The molecule has 0 saturated heterocycles. The molecule has 2 aromatic carbocycles. The fraction of sp³-hybridized carbons (Fsp3) is 0.341. The van der Waals surface area contributed by atoms with Gasteiger partial charge in [-0.15, -0.1) is 0 Å². The number of fused-ring (bicyclic) bond motifs is 1. The maximum atomic E-state index is 15.1. The SMILES string of the molecule is C=N/C(C)=C/C(=C)OCC(C)C.CF.COc1cc2c(Oc3ccc(NC(=O)C4(C(=O)Nc5ccncc5)CC4)cc3F)ccnc2cc1OCC1(N)CC1. The lowest BCUT2D eigenvalue weighted by molar-refractivity contribution is -0.131. The number of aromatic nitrogens is 2. The Labute approximate surface area is 319 Å². The van der Waals surface area contributed by atoms with Crippen LogP contribution in [0.2, 0.25) is 0 Å². The quantitative estimate of drug-likeness (QED) is 0.0471. The van der Waals surface area contributed by atoms with Crippen LogP contribution in [-0.4, -0.2) is 61.5 Å². The predicted molar refractivity (Wildman–Crippen MR) is 210 cm³/mol. The molecule has 2 aromatic heterocycles. The molecule has 0 spiro atoms. The Morgan fingerprint density at radius 2 is 1.62 bits per heavy atom. The summed E-state index contributed by atoms with van der Waals surface area (Å²) in [4.78, 5) is 37.8. The highest BCUT2D eigenvalue weighted by Gasteiger charge is 2.56. The highest BCUT2D eigenvalue weighted by atomic mass is 19.1. The Morgan fingerprint density at radius 1 is 0.945 bits per heavy atom. The first kappa shape index (κ1) is 41.9. The van der Waals surface area contributed by atoms with E-state index >= 15 is 4.39 Å². The molecule has 0 bridgehead atoms. The number of hydrogen-bond acceptors (Lipinski definition) is 10. The van der Waals surface area contributed by atoms with Gasteiger partial charge >= 0.3 is 0 Å². The number of hydrogen-bond donors (Lipinski definition) is 3. The molecule has 55 heavy (non-hydrogen) atoms. The number of halogens is 2. The van der Waals surface area contributed by atoms with Gasteiger partial charge in [0.15, 0.2) is 23.1 Å². The molecule has 2 saturated carbocycles. The van der Waals surface area contributed by atoms with E-state index in [1.807, 2.05) is 6.92 Å². The molecule has 6 rings (SSSR count). The lowest BCUT2D eigenvalue weighted by Gasteiger charge is -2.17. The molecule has 0 atom stereocenters. The molecular weight excluding hydrogens is 710 g/mol. The van der Waals surface area contributed by atoms with E-state index in [1.165, 1.54) is 19.2 Å². The van der Waals surface area contributed by atoms with Crippen molar-refractivity contribution in [3.05, 3.63) is 97.0 Å². The molecular formula is C41H48F2N6O6. The topological polar surface area (TPSA) is 159 Å². The summed E-state index contributed by atoms with van der Waals surface area (Å²) in [6.07, 6.45) is 9.05. The second-order valence-corrected chi connectivity index (χ2v) is 13.6. The van der Waals surface area contributed by atoms with Gasteiger partial charge in [-0.05, 0) is 81.6 Å². The number of nitrogens with one attached hydrogen (secondary N) is 2. The maximum Gasteiger partial charge on any atom is 0.240 e. The number of nitrogens with zero attached hydrogens (tertiary/aromatic N) is 3. The number of alkyl halides is 1. The van der Waals surface area contributed by atoms with E-state index in [1.54, 1.807) is 55.0 Å². The van der Waals surface area contributed by atoms with Gasteiger partial charge in [-0.25, -0.2) is 4.39 Å². The average Bonchev–Trinajstić information content (AvgIpc) is 4.13. The highest BCUT2D eigenvalue weighted by Crippen LogP contribution is 2.48.